The number of carbonyl (C=O) groups excluding carboxylic acids is 2. The molecule has 0 spiro atoms. The minimum absolute atomic E-state index is 0. The Bertz CT molecular complexity index is 493. The van der Waals surface area contributed by atoms with Gasteiger partial charge in [-0.05, 0) is 25.1 Å². The average Bonchev–Trinajstić information content (AvgIpc) is 2.38. The highest BCUT2D eigenvalue weighted by Crippen LogP contribution is 2.15. The summed E-state index contributed by atoms with van der Waals surface area (Å²) in [6, 6.07) is 7.25. The Morgan fingerprint density at radius 2 is 2.15 bits per heavy atom. The predicted molar refractivity (Wildman–Crippen MR) is 81.4 cm³/mol. The first-order valence-corrected chi connectivity index (χ1v) is 6.47. The van der Waals surface area contributed by atoms with Crippen LogP contribution in [0.2, 0.25) is 0 Å². The van der Waals surface area contributed by atoms with Crippen molar-refractivity contribution in [2.45, 2.75) is 19.9 Å². The van der Waals surface area contributed by atoms with E-state index in [4.69, 9.17) is 0 Å². The molecule has 0 aromatic heterocycles. The maximum absolute atomic E-state index is 12.4. The van der Waals surface area contributed by atoms with Crippen LogP contribution in [-0.4, -0.2) is 42.4 Å². The molecule has 0 saturated carbocycles. The van der Waals surface area contributed by atoms with Crippen LogP contribution in [0, 0.1) is 0 Å². The molecular weight excluding hydrogens is 278 g/mol. The lowest BCUT2D eigenvalue weighted by atomic mass is 10.1. The van der Waals surface area contributed by atoms with Gasteiger partial charge >= 0.3 is 0 Å². The molecule has 2 N–H and O–H groups in total. The fourth-order valence-corrected chi connectivity index (χ4v) is 2.24. The number of halogens is 1. The van der Waals surface area contributed by atoms with E-state index >= 15 is 0 Å². The molecule has 1 aliphatic heterocycles. The van der Waals surface area contributed by atoms with Gasteiger partial charge in [-0.1, -0.05) is 6.07 Å². The summed E-state index contributed by atoms with van der Waals surface area (Å²) in [5.41, 5.74) is 1.26. The molecule has 0 bridgehead atoms. The number of hydrogen-bond acceptors (Lipinski definition) is 3. The second-order valence-electron chi connectivity index (χ2n) is 4.81. The molecule has 0 aliphatic carbocycles. The predicted octanol–water partition coefficient (Wildman–Crippen LogP) is 1.50. The Morgan fingerprint density at radius 3 is 2.80 bits per heavy atom. The van der Waals surface area contributed by atoms with Crippen molar-refractivity contribution in [3.05, 3.63) is 29.8 Å². The summed E-state index contributed by atoms with van der Waals surface area (Å²) in [7, 11) is 0. The highest BCUT2D eigenvalue weighted by Gasteiger charge is 2.23. The molecule has 0 unspecified atom stereocenters. The first-order chi connectivity index (χ1) is 9.08. The number of nitrogens with one attached hydrogen (secondary N) is 2. The molecule has 1 aromatic rings. The summed E-state index contributed by atoms with van der Waals surface area (Å²) in [6.07, 6.45) is 0. The second-order valence-corrected chi connectivity index (χ2v) is 4.81. The maximum atomic E-state index is 12.4. The zero-order chi connectivity index (χ0) is 13.8. The molecule has 5 nitrogen and oxygen atoms in total. The van der Waals surface area contributed by atoms with Crippen LogP contribution < -0.4 is 10.6 Å². The van der Waals surface area contributed by atoms with Crippen LogP contribution in [0.25, 0.3) is 0 Å². The Hall–Kier alpha value is -1.59. The molecule has 2 rings (SSSR count). The first-order valence-electron chi connectivity index (χ1n) is 6.47. The van der Waals surface area contributed by atoms with Gasteiger partial charge < -0.3 is 15.5 Å². The van der Waals surface area contributed by atoms with Crippen molar-refractivity contribution in [2.24, 2.45) is 0 Å². The molecule has 0 radical (unpaired) electrons. The fourth-order valence-electron chi connectivity index (χ4n) is 2.24. The van der Waals surface area contributed by atoms with E-state index in [0.717, 1.165) is 13.1 Å². The van der Waals surface area contributed by atoms with Crippen LogP contribution in [0.1, 0.15) is 24.2 Å². The van der Waals surface area contributed by atoms with Crippen molar-refractivity contribution in [1.29, 1.82) is 0 Å². The van der Waals surface area contributed by atoms with Gasteiger partial charge in [-0.2, -0.15) is 0 Å². The van der Waals surface area contributed by atoms with E-state index in [1.165, 1.54) is 6.92 Å². The molecule has 1 atom stereocenters. The number of carbonyl (C=O) groups is 2. The highest BCUT2D eigenvalue weighted by molar-refractivity contribution is 5.97. The normalized spacial score (nSPS) is 18.1. The summed E-state index contributed by atoms with van der Waals surface area (Å²) in [5.74, 6) is -0.124. The lowest BCUT2D eigenvalue weighted by molar-refractivity contribution is -0.114. The van der Waals surface area contributed by atoms with Gasteiger partial charge in [-0.25, -0.2) is 0 Å². The summed E-state index contributed by atoms with van der Waals surface area (Å²) < 4.78 is 0. The molecule has 1 aliphatic rings. The van der Waals surface area contributed by atoms with E-state index in [2.05, 4.69) is 10.6 Å². The highest BCUT2D eigenvalue weighted by atomic mass is 35.5. The van der Waals surface area contributed by atoms with Gasteiger partial charge in [-0.3, -0.25) is 9.59 Å². The van der Waals surface area contributed by atoms with Crippen molar-refractivity contribution < 1.29 is 9.59 Å². The Morgan fingerprint density at radius 1 is 1.40 bits per heavy atom. The zero-order valence-electron chi connectivity index (χ0n) is 11.7. The topological polar surface area (TPSA) is 61.4 Å². The van der Waals surface area contributed by atoms with Crippen molar-refractivity contribution in [3.8, 4) is 0 Å². The number of hydrogen-bond donors (Lipinski definition) is 2. The van der Waals surface area contributed by atoms with Crippen LogP contribution in [0.5, 0.6) is 0 Å². The summed E-state index contributed by atoms with van der Waals surface area (Å²) in [6.45, 7) is 5.83. The number of amides is 2. The maximum Gasteiger partial charge on any atom is 0.254 e. The molecule has 1 saturated heterocycles. The van der Waals surface area contributed by atoms with E-state index in [1.54, 1.807) is 24.3 Å². The van der Waals surface area contributed by atoms with Gasteiger partial charge in [0.2, 0.25) is 5.91 Å². The number of nitrogens with zero attached hydrogens (tertiary/aromatic N) is 1. The molecule has 110 valence electrons. The Balaban J connectivity index is 0.00000200. The van der Waals surface area contributed by atoms with Crippen molar-refractivity contribution >= 4 is 29.9 Å². The quantitative estimate of drug-likeness (QED) is 0.870. The third kappa shape index (κ3) is 3.95. The van der Waals surface area contributed by atoms with Crippen LogP contribution in [0.4, 0.5) is 5.69 Å². The van der Waals surface area contributed by atoms with Crippen molar-refractivity contribution in [3.63, 3.8) is 0 Å². The number of anilines is 1. The minimum Gasteiger partial charge on any atom is -0.333 e. The van der Waals surface area contributed by atoms with E-state index in [9.17, 15) is 9.59 Å². The van der Waals surface area contributed by atoms with Crippen LogP contribution >= 0.6 is 12.4 Å². The molecule has 2 amide bonds. The third-order valence-corrected chi connectivity index (χ3v) is 3.19. The second kappa shape index (κ2) is 7.26. The van der Waals surface area contributed by atoms with E-state index in [-0.39, 0.29) is 30.3 Å². The smallest absolute Gasteiger partial charge is 0.254 e. The Kier molecular flexibility index (Phi) is 5.98. The molecule has 20 heavy (non-hydrogen) atoms. The van der Waals surface area contributed by atoms with Gasteiger partial charge in [0.25, 0.3) is 5.91 Å². The fraction of sp³-hybridized carbons (Fsp3) is 0.429. The standard InChI is InChI=1S/C14H19N3O2.ClH/c1-10-9-15-6-7-17(10)14(19)12-4-3-5-13(8-12)16-11(2)18;/h3-5,8,10,15H,6-7,9H2,1-2H3,(H,16,18);1H/t10-;/m0./s1. The SMILES string of the molecule is CC(=O)Nc1cccc(C(=O)N2CCNC[C@@H]2C)c1.Cl. The van der Waals surface area contributed by atoms with Crippen LogP contribution in [0.3, 0.4) is 0 Å². The van der Waals surface area contributed by atoms with Crippen LogP contribution in [-0.2, 0) is 4.79 Å². The molecular formula is C14H20ClN3O2. The van der Waals surface area contributed by atoms with E-state index in [1.807, 2.05) is 11.8 Å². The summed E-state index contributed by atoms with van der Waals surface area (Å²) >= 11 is 0. The van der Waals surface area contributed by atoms with Gasteiger partial charge in [0.1, 0.15) is 0 Å². The summed E-state index contributed by atoms with van der Waals surface area (Å²) in [4.78, 5) is 25.3. The van der Waals surface area contributed by atoms with Crippen molar-refractivity contribution in [2.75, 3.05) is 25.0 Å². The monoisotopic (exact) mass is 297 g/mol. The molecule has 1 heterocycles. The average molecular weight is 298 g/mol. The van der Waals surface area contributed by atoms with Gasteiger partial charge in [-0.15, -0.1) is 12.4 Å². The number of piperazine rings is 1. The van der Waals surface area contributed by atoms with Gasteiger partial charge in [0.15, 0.2) is 0 Å². The number of rotatable bonds is 2. The molecule has 1 aromatic carbocycles. The zero-order valence-corrected chi connectivity index (χ0v) is 12.5. The van der Waals surface area contributed by atoms with Gasteiger partial charge in [0.05, 0.1) is 0 Å². The first kappa shape index (κ1) is 16.5. The summed E-state index contributed by atoms with van der Waals surface area (Å²) in [5, 5.41) is 5.95. The van der Waals surface area contributed by atoms with Crippen LogP contribution in [0.15, 0.2) is 24.3 Å². The molecule has 1 fully saturated rings. The third-order valence-electron chi connectivity index (χ3n) is 3.19. The van der Waals surface area contributed by atoms with Crippen molar-refractivity contribution in [1.82, 2.24) is 10.2 Å². The molecule has 6 heteroatoms. The lowest BCUT2D eigenvalue weighted by Crippen LogP contribution is -2.52. The largest absolute Gasteiger partial charge is 0.333 e. The minimum atomic E-state index is -0.139. The van der Waals surface area contributed by atoms with Gasteiger partial charge in [0, 0.05) is 43.9 Å². The lowest BCUT2D eigenvalue weighted by Gasteiger charge is -2.34. The number of benzene rings is 1. The van der Waals surface area contributed by atoms with E-state index < -0.39 is 0 Å². The van der Waals surface area contributed by atoms with E-state index in [0.29, 0.717) is 17.8 Å². The Labute approximate surface area is 125 Å².